The summed E-state index contributed by atoms with van der Waals surface area (Å²) in [5.41, 5.74) is 5.99. The van der Waals surface area contributed by atoms with Crippen molar-refractivity contribution in [3.05, 3.63) is 22.5 Å². The van der Waals surface area contributed by atoms with Crippen LogP contribution in [0.3, 0.4) is 0 Å². The molecule has 0 fully saturated rings. The van der Waals surface area contributed by atoms with Crippen LogP contribution >= 0.6 is 11.6 Å². The molecule has 0 spiro atoms. The molecule has 0 saturated heterocycles. The first-order chi connectivity index (χ1) is 8.74. The summed E-state index contributed by atoms with van der Waals surface area (Å²) >= 11 is 6.00. The molecule has 5 heteroatoms. The van der Waals surface area contributed by atoms with Crippen molar-refractivity contribution in [2.45, 2.75) is 25.7 Å². The molecule has 0 bridgehead atoms. The van der Waals surface area contributed by atoms with E-state index < -0.39 is 5.82 Å². The predicted molar refractivity (Wildman–Crippen MR) is 69.0 cm³/mol. The summed E-state index contributed by atoms with van der Waals surface area (Å²) in [4.78, 5) is 0. The molecule has 1 aliphatic heterocycles. The molecular weight excluding hydrogens is 257 g/mol. The molecule has 1 aliphatic rings. The molecule has 0 amide bonds. The molecule has 1 heterocycles. The summed E-state index contributed by atoms with van der Waals surface area (Å²) in [6.45, 7) is 1.68. The van der Waals surface area contributed by atoms with Gasteiger partial charge < -0.3 is 15.2 Å². The molecule has 18 heavy (non-hydrogen) atoms. The maximum absolute atomic E-state index is 14.1. The Labute approximate surface area is 111 Å². The van der Waals surface area contributed by atoms with E-state index in [-0.39, 0.29) is 5.02 Å². The second-order valence-electron chi connectivity index (χ2n) is 4.29. The largest absolute Gasteiger partial charge is 0.489 e. The highest BCUT2D eigenvalue weighted by Crippen LogP contribution is 2.40. The summed E-state index contributed by atoms with van der Waals surface area (Å²) < 4.78 is 25.0. The molecule has 3 nitrogen and oxygen atoms in total. The van der Waals surface area contributed by atoms with Gasteiger partial charge in [0.15, 0.2) is 11.5 Å². The molecule has 1 aromatic rings. The van der Waals surface area contributed by atoms with Crippen molar-refractivity contribution in [3.63, 3.8) is 0 Å². The van der Waals surface area contributed by atoms with Crippen molar-refractivity contribution in [2.24, 2.45) is 5.73 Å². The Kier molecular flexibility index (Phi) is 4.66. The fourth-order valence-electron chi connectivity index (χ4n) is 1.93. The number of hydrogen-bond donors (Lipinski definition) is 1. The van der Waals surface area contributed by atoms with E-state index in [1.54, 1.807) is 6.07 Å². The normalized spacial score (nSPS) is 14.4. The van der Waals surface area contributed by atoms with Gasteiger partial charge in [0.25, 0.3) is 0 Å². The van der Waals surface area contributed by atoms with Crippen LogP contribution < -0.4 is 15.2 Å². The lowest BCUT2D eigenvalue weighted by Crippen LogP contribution is -2.02. The molecule has 0 radical (unpaired) electrons. The maximum atomic E-state index is 14.1. The highest BCUT2D eigenvalue weighted by atomic mass is 35.5. The zero-order valence-electron chi connectivity index (χ0n) is 10.2. The summed E-state index contributed by atoms with van der Waals surface area (Å²) in [5, 5.41) is 0.0251. The van der Waals surface area contributed by atoms with Gasteiger partial charge >= 0.3 is 0 Å². The van der Waals surface area contributed by atoms with Gasteiger partial charge in [-0.1, -0.05) is 11.6 Å². The Morgan fingerprint density at radius 2 is 2.06 bits per heavy atom. The second kappa shape index (κ2) is 6.25. The Bertz CT molecular complexity index is 426. The van der Waals surface area contributed by atoms with Crippen molar-refractivity contribution in [1.82, 2.24) is 0 Å². The van der Waals surface area contributed by atoms with Gasteiger partial charge in [0.05, 0.1) is 13.2 Å². The summed E-state index contributed by atoms with van der Waals surface area (Å²) in [6, 6.07) is 1.69. The minimum Gasteiger partial charge on any atom is -0.489 e. The number of rotatable bonds is 4. The van der Waals surface area contributed by atoms with Crippen LogP contribution in [-0.4, -0.2) is 19.8 Å². The summed E-state index contributed by atoms with van der Waals surface area (Å²) in [6.07, 6.45) is 3.09. The Morgan fingerprint density at radius 1 is 1.28 bits per heavy atom. The standard InChI is InChI=1S/C13H17ClFNO2/c14-11-12(15)9(4-1-2-5-16)8-10-13(11)18-7-3-6-17-10/h8H,1-7,16H2. The lowest BCUT2D eigenvalue weighted by molar-refractivity contribution is 0.296. The Hall–Kier alpha value is -1.00. The molecule has 1 aromatic carbocycles. The van der Waals surface area contributed by atoms with Gasteiger partial charge in [-0.05, 0) is 37.4 Å². The molecule has 2 rings (SSSR count). The summed E-state index contributed by atoms with van der Waals surface area (Å²) in [5.74, 6) is 0.467. The molecule has 0 atom stereocenters. The number of hydrogen-bond acceptors (Lipinski definition) is 3. The number of halogens is 2. The first kappa shape index (κ1) is 13.4. The lowest BCUT2D eigenvalue weighted by atomic mass is 10.1. The quantitative estimate of drug-likeness (QED) is 0.858. The van der Waals surface area contributed by atoms with Gasteiger partial charge in [-0.25, -0.2) is 4.39 Å². The highest BCUT2D eigenvalue weighted by molar-refractivity contribution is 6.32. The molecular formula is C13H17ClFNO2. The summed E-state index contributed by atoms with van der Waals surface area (Å²) in [7, 11) is 0. The Balaban J connectivity index is 2.26. The van der Waals surface area contributed by atoms with Crippen LogP contribution in [0.4, 0.5) is 4.39 Å². The van der Waals surface area contributed by atoms with Crippen LogP contribution in [0.15, 0.2) is 6.07 Å². The van der Waals surface area contributed by atoms with Gasteiger partial charge in [-0.15, -0.1) is 0 Å². The van der Waals surface area contributed by atoms with E-state index in [4.69, 9.17) is 26.8 Å². The van der Waals surface area contributed by atoms with Gasteiger partial charge in [-0.3, -0.25) is 0 Å². The fourth-order valence-corrected chi connectivity index (χ4v) is 2.20. The predicted octanol–water partition coefficient (Wildman–Crippen LogP) is 2.92. The van der Waals surface area contributed by atoms with E-state index >= 15 is 0 Å². The molecule has 0 saturated carbocycles. The highest BCUT2D eigenvalue weighted by Gasteiger charge is 2.20. The van der Waals surface area contributed by atoms with Crippen LogP contribution in [0.1, 0.15) is 24.8 Å². The monoisotopic (exact) mass is 273 g/mol. The minimum absolute atomic E-state index is 0.0251. The maximum Gasteiger partial charge on any atom is 0.182 e. The van der Waals surface area contributed by atoms with E-state index in [1.807, 2.05) is 0 Å². The lowest BCUT2D eigenvalue weighted by Gasteiger charge is -2.13. The van der Waals surface area contributed by atoms with Crippen molar-refractivity contribution in [2.75, 3.05) is 19.8 Å². The van der Waals surface area contributed by atoms with Crippen LogP contribution in [-0.2, 0) is 6.42 Å². The third-order valence-corrected chi connectivity index (χ3v) is 3.23. The molecule has 0 unspecified atom stereocenters. The number of aryl methyl sites for hydroxylation is 1. The first-order valence-electron chi connectivity index (χ1n) is 6.20. The van der Waals surface area contributed by atoms with Crippen LogP contribution in [0.2, 0.25) is 5.02 Å². The first-order valence-corrected chi connectivity index (χ1v) is 6.58. The zero-order chi connectivity index (χ0) is 13.0. The number of fused-ring (bicyclic) bond motifs is 1. The average molecular weight is 274 g/mol. The van der Waals surface area contributed by atoms with Gasteiger partial charge in [0.2, 0.25) is 0 Å². The Morgan fingerprint density at radius 3 is 2.83 bits per heavy atom. The van der Waals surface area contributed by atoms with E-state index in [1.165, 1.54) is 0 Å². The van der Waals surface area contributed by atoms with E-state index in [0.717, 1.165) is 19.3 Å². The zero-order valence-corrected chi connectivity index (χ0v) is 10.9. The topological polar surface area (TPSA) is 44.5 Å². The van der Waals surface area contributed by atoms with E-state index in [9.17, 15) is 4.39 Å². The molecule has 100 valence electrons. The average Bonchev–Trinajstić information content (AvgIpc) is 2.61. The van der Waals surface area contributed by atoms with Crippen molar-refractivity contribution in [1.29, 1.82) is 0 Å². The van der Waals surface area contributed by atoms with E-state index in [0.29, 0.717) is 43.2 Å². The fraction of sp³-hybridized carbons (Fsp3) is 0.538. The third-order valence-electron chi connectivity index (χ3n) is 2.90. The van der Waals surface area contributed by atoms with Crippen LogP contribution in [0.5, 0.6) is 11.5 Å². The number of benzene rings is 1. The molecule has 0 aliphatic carbocycles. The van der Waals surface area contributed by atoms with Crippen LogP contribution in [0.25, 0.3) is 0 Å². The molecule has 2 N–H and O–H groups in total. The number of nitrogens with two attached hydrogens (primary N) is 1. The van der Waals surface area contributed by atoms with Crippen LogP contribution in [0, 0.1) is 5.82 Å². The number of unbranched alkanes of at least 4 members (excludes halogenated alkanes) is 1. The number of ether oxygens (including phenoxy) is 2. The van der Waals surface area contributed by atoms with Gasteiger partial charge in [0.1, 0.15) is 10.8 Å². The van der Waals surface area contributed by atoms with Gasteiger partial charge in [0, 0.05) is 6.42 Å². The van der Waals surface area contributed by atoms with Crippen molar-refractivity contribution < 1.29 is 13.9 Å². The second-order valence-corrected chi connectivity index (χ2v) is 4.67. The van der Waals surface area contributed by atoms with Crippen molar-refractivity contribution in [3.8, 4) is 11.5 Å². The minimum atomic E-state index is -0.405. The smallest absolute Gasteiger partial charge is 0.182 e. The SMILES string of the molecule is NCCCCc1cc2c(c(Cl)c1F)OCCCO2. The van der Waals surface area contributed by atoms with Gasteiger partial charge in [-0.2, -0.15) is 0 Å². The molecule has 0 aromatic heterocycles. The van der Waals surface area contributed by atoms with Crippen molar-refractivity contribution >= 4 is 11.6 Å². The van der Waals surface area contributed by atoms with E-state index in [2.05, 4.69) is 0 Å². The third kappa shape index (κ3) is 2.87.